The molecular weight excluding hydrogens is 322 g/mol. The number of hydrogen-bond donors (Lipinski definition) is 1. The molecule has 2 heterocycles. The number of amides is 1. The summed E-state index contributed by atoms with van der Waals surface area (Å²) < 4.78 is 2.10. The molecule has 3 rings (SSSR count). The molecule has 1 amide bonds. The van der Waals surface area contributed by atoms with Gasteiger partial charge in [-0.3, -0.25) is 4.79 Å². The number of benzene rings is 1. The number of carbonyl (C=O) groups excluding carboxylic acids is 1. The molecule has 26 heavy (non-hydrogen) atoms. The van der Waals surface area contributed by atoms with Gasteiger partial charge in [0.15, 0.2) is 0 Å². The maximum atomic E-state index is 12.7. The number of fused-ring (bicyclic) bond motifs is 1. The largest absolute Gasteiger partial charge is 0.354 e. The third-order valence-corrected chi connectivity index (χ3v) is 5.03. The van der Waals surface area contributed by atoms with Gasteiger partial charge in [-0.1, -0.05) is 31.2 Å². The van der Waals surface area contributed by atoms with Crippen LogP contribution in [0.4, 0.5) is 0 Å². The zero-order valence-electron chi connectivity index (χ0n) is 16.0. The molecule has 1 aromatic carbocycles. The molecular formula is C22H27N3O. The number of imidazole rings is 1. The summed E-state index contributed by atoms with van der Waals surface area (Å²) in [5.41, 5.74) is 5.51. The van der Waals surface area contributed by atoms with Crippen LogP contribution >= 0.6 is 0 Å². The first-order chi connectivity index (χ1) is 12.5. The maximum absolute atomic E-state index is 12.7. The van der Waals surface area contributed by atoms with E-state index in [0.29, 0.717) is 6.42 Å². The second kappa shape index (κ2) is 7.73. The van der Waals surface area contributed by atoms with E-state index in [9.17, 15) is 4.79 Å². The van der Waals surface area contributed by atoms with Crippen molar-refractivity contribution in [2.75, 3.05) is 0 Å². The Morgan fingerprint density at radius 2 is 2.00 bits per heavy atom. The van der Waals surface area contributed by atoms with Gasteiger partial charge < -0.3 is 9.72 Å². The molecule has 0 fully saturated rings. The van der Waals surface area contributed by atoms with E-state index in [1.807, 2.05) is 31.5 Å². The average molecular weight is 349 g/mol. The van der Waals surface area contributed by atoms with Crippen LogP contribution in [0.1, 0.15) is 55.0 Å². The SMILES string of the molecule is CCC(C)NC(=O)CC(c1ccccc1C)c1cnc2cc(C)ccn12. The predicted molar refractivity (Wildman–Crippen MR) is 105 cm³/mol. The Labute approximate surface area is 155 Å². The first-order valence-electron chi connectivity index (χ1n) is 9.28. The van der Waals surface area contributed by atoms with E-state index in [4.69, 9.17) is 0 Å². The quantitative estimate of drug-likeness (QED) is 0.717. The van der Waals surface area contributed by atoms with Crippen molar-refractivity contribution >= 4 is 11.6 Å². The van der Waals surface area contributed by atoms with Crippen LogP contribution < -0.4 is 5.32 Å². The zero-order chi connectivity index (χ0) is 18.7. The molecule has 2 unspecified atom stereocenters. The monoisotopic (exact) mass is 349 g/mol. The fourth-order valence-corrected chi connectivity index (χ4v) is 3.33. The van der Waals surface area contributed by atoms with E-state index in [0.717, 1.165) is 17.8 Å². The number of hydrogen-bond acceptors (Lipinski definition) is 2. The molecule has 1 N–H and O–H groups in total. The summed E-state index contributed by atoms with van der Waals surface area (Å²) in [6, 6.07) is 12.6. The van der Waals surface area contributed by atoms with E-state index in [1.54, 1.807) is 0 Å². The van der Waals surface area contributed by atoms with Gasteiger partial charge in [-0.15, -0.1) is 0 Å². The van der Waals surface area contributed by atoms with Crippen molar-refractivity contribution in [1.82, 2.24) is 14.7 Å². The number of carbonyl (C=O) groups is 1. The minimum absolute atomic E-state index is 0.0297. The van der Waals surface area contributed by atoms with Crippen molar-refractivity contribution in [3.63, 3.8) is 0 Å². The van der Waals surface area contributed by atoms with Crippen LogP contribution in [0.2, 0.25) is 0 Å². The standard InChI is InChI=1S/C22H27N3O/c1-5-17(4)24-22(26)13-19(18-9-7-6-8-16(18)3)20-14-23-21-12-15(2)10-11-25(20)21/h6-12,14,17,19H,5,13H2,1-4H3,(H,24,26). The van der Waals surface area contributed by atoms with Crippen LogP contribution in [0.15, 0.2) is 48.8 Å². The first-order valence-corrected chi connectivity index (χ1v) is 9.28. The third-order valence-electron chi connectivity index (χ3n) is 5.03. The van der Waals surface area contributed by atoms with Crippen LogP contribution in [-0.2, 0) is 4.79 Å². The fourth-order valence-electron chi connectivity index (χ4n) is 3.33. The number of pyridine rings is 1. The lowest BCUT2D eigenvalue weighted by Crippen LogP contribution is -2.33. The third kappa shape index (κ3) is 3.79. The minimum atomic E-state index is -0.0297. The van der Waals surface area contributed by atoms with Crippen LogP contribution in [-0.4, -0.2) is 21.3 Å². The summed E-state index contributed by atoms with van der Waals surface area (Å²) in [6.45, 7) is 8.28. The Morgan fingerprint density at radius 1 is 1.23 bits per heavy atom. The van der Waals surface area contributed by atoms with E-state index in [1.165, 1.54) is 16.7 Å². The summed E-state index contributed by atoms with van der Waals surface area (Å²) in [4.78, 5) is 17.2. The van der Waals surface area contributed by atoms with E-state index in [-0.39, 0.29) is 17.9 Å². The number of rotatable bonds is 6. The second-order valence-electron chi connectivity index (χ2n) is 7.11. The van der Waals surface area contributed by atoms with Gasteiger partial charge in [0, 0.05) is 30.8 Å². The van der Waals surface area contributed by atoms with Crippen LogP contribution in [0.3, 0.4) is 0 Å². The van der Waals surface area contributed by atoms with E-state index < -0.39 is 0 Å². The van der Waals surface area contributed by atoms with Crippen molar-refractivity contribution in [3.8, 4) is 0 Å². The number of nitrogens with one attached hydrogen (secondary N) is 1. The van der Waals surface area contributed by atoms with Crippen LogP contribution in [0, 0.1) is 13.8 Å². The zero-order valence-corrected chi connectivity index (χ0v) is 16.0. The molecule has 0 saturated heterocycles. The van der Waals surface area contributed by atoms with Gasteiger partial charge in [-0.05, 0) is 56.0 Å². The molecule has 4 heteroatoms. The minimum Gasteiger partial charge on any atom is -0.354 e. The fraction of sp³-hybridized carbons (Fsp3) is 0.364. The van der Waals surface area contributed by atoms with Crippen molar-refractivity contribution in [3.05, 3.63) is 71.2 Å². The molecule has 0 spiro atoms. The van der Waals surface area contributed by atoms with Gasteiger partial charge in [-0.25, -0.2) is 4.98 Å². The predicted octanol–water partition coefficient (Wildman–Crippen LogP) is 4.39. The lowest BCUT2D eigenvalue weighted by molar-refractivity contribution is -0.121. The molecule has 4 nitrogen and oxygen atoms in total. The van der Waals surface area contributed by atoms with Crippen molar-refractivity contribution in [2.24, 2.45) is 0 Å². The van der Waals surface area contributed by atoms with Crippen molar-refractivity contribution in [2.45, 2.75) is 52.5 Å². The first kappa shape index (κ1) is 18.2. The molecule has 0 aliphatic heterocycles. The number of aryl methyl sites for hydroxylation is 2. The Morgan fingerprint density at radius 3 is 2.73 bits per heavy atom. The maximum Gasteiger partial charge on any atom is 0.221 e. The van der Waals surface area contributed by atoms with Gasteiger partial charge in [-0.2, -0.15) is 0 Å². The second-order valence-corrected chi connectivity index (χ2v) is 7.11. The highest BCUT2D eigenvalue weighted by Crippen LogP contribution is 2.31. The molecule has 0 saturated carbocycles. The Hall–Kier alpha value is -2.62. The van der Waals surface area contributed by atoms with Gasteiger partial charge in [0.2, 0.25) is 5.91 Å². The van der Waals surface area contributed by atoms with E-state index >= 15 is 0 Å². The van der Waals surface area contributed by atoms with Crippen molar-refractivity contribution < 1.29 is 4.79 Å². The molecule has 3 aromatic rings. The van der Waals surface area contributed by atoms with Gasteiger partial charge >= 0.3 is 0 Å². The highest BCUT2D eigenvalue weighted by molar-refractivity contribution is 5.78. The smallest absolute Gasteiger partial charge is 0.221 e. The number of aromatic nitrogens is 2. The average Bonchev–Trinajstić information content (AvgIpc) is 3.03. The Balaban J connectivity index is 2.02. The van der Waals surface area contributed by atoms with E-state index in [2.05, 4.69) is 59.7 Å². The van der Waals surface area contributed by atoms with Gasteiger partial charge in [0.25, 0.3) is 0 Å². The highest BCUT2D eigenvalue weighted by atomic mass is 16.1. The Kier molecular flexibility index (Phi) is 5.40. The molecule has 2 aromatic heterocycles. The molecule has 0 aliphatic carbocycles. The normalized spacial score (nSPS) is 13.5. The highest BCUT2D eigenvalue weighted by Gasteiger charge is 2.23. The number of nitrogens with zero attached hydrogens (tertiary/aromatic N) is 2. The topological polar surface area (TPSA) is 46.4 Å². The molecule has 2 atom stereocenters. The summed E-state index contributed by atoms with van der Waals surface area (Å²) in [5, 5.41) is 3.10. The molecule has 0 bridgehead atoms. The van der Waals surface area contributed by atoms with Crippen LogP contribution in [0.25, 0.3) is 5.65 Å². The lowest BCUT2D eigenvalue weighted by Gasteiger charge is -2.20. The summed E-state index contributed by atoms with van der Waals surface area (Å²) in [7, 11) is 0. The lowest BCUT2D eigenvalue weighted by atomic mass is 9.89. The molecule has 136 valence electrons. The summed E-state index contributed by atoms with van der Waals surface area (Å²) in [6.07, 6.45) is 5.29. The molecule has 0 aliphatic rings. The van der Waals surface area contributed by atoms with Crippen LogP contribution in [0.5, 0.6) is 0 Å². The molecule has 0 radical (unpaired) electrons. The summed E-state index contributed by atoms with van der Waals surface area (Å²) >= 11 is 0. The Bertz CT molecular complexity index is 913. The van der Waals surface area contributed by atoms with Gasteiger partial charge in [0.1, 0.15) is 5.65 Å². The summed E-state index contributed by atoms with van der Waals surface area (Å²) in [5.74, 6) is 0.0487. The van der Waals surface area contributed by atoms with Gasteiger partial charge in [0.05, 0.1) is 5.69 Å². The van der Waals surface area contributed by atoms with Crippen molar-refractivity contribution in [1.29, 1.82) is 0 Å².